The lowest BCUT2D eigenvalue weighted by Gasteiger charge is -2.32. The standard InChI is InChI=1S/C12H19N5O3/c1-3-13-12-14-7-10(17(18)19)11(15-12)16-6-4-5-9(8-16)20-2/h7,9H,3-6,8H2,1-2H3,(H,13,14,15). The van der Waals surface area contributed by atoms with E-state index in [1.165, 1.54) is 6.20 Å². The molecule has 2 rings (SSSR count). The maximum atomic E-state index is 11.1. The molecule has 1 unspecified atom stereocenters. The largest absolute Gasteiger partial charge is 0.380 e. The Labute approximate surface area is 117 Å². The lowest BCUT2D eigenvalue weighted by molar-refractivity contribution is -0.384. The van der Waals surface area contributed by atoms with Crippen molar-refractivity contribution in [2.45, 2.75) is 25.9 Å². The molecule has 0 bridgehead atoms. The third-order valence-corrected chi connectivity index (χ3v) is 3.29. The summed E-state index contributed by atoms with van der Waals surface area (Å²) in [5.41, 5.74) is -0.0663. The molecule has 1 atom stereocenters. The first kappa shape index (κ1) is 14.4. The lowest BCUT2D eigenvalue weighted by atomic mass is 10.1. The number of hydrogen-bond donors (Lipinski definition) is 1. The van der Waals surface area contributed by atoms with Gasteiger partial charge in [0.15, 0.2) is 0 Å². The zero-order valence-electron chi connectivity index (χ0n) is 11.7. The highest BCUT2D eigenvalue weighted by Crippen LogP contribution is 2.28. The second kappa shape index (κ2) is 6.47. The topological polar surface area (TPSA) is 93.4 Å². The number of hydrogen-bond acceptors (Lipinski definition) is 7. The fourth-order valence-electron chi connectivity index (χ4n) is 2.29. The van der Waals surface area contributed by atoms with Crippen LogP contribution in [0.1, 0.15) is 19.8 Å². The van der Waals surface area contributed by atoms with Crippen LogP contribution in [0, 0.1) is 10.1 Å². The van der Waals surface area contributed by atoms with E-state index < -0.39 is 4.92 Å². The van der Waals surface area contributed by atoms with E-state index in [9.17, 15) is 10.1 Å². The van der Waals surface area contributed by atoms with Gasteiger partial charge in [-0.25, -0.2) is 4.98 Å². The number of methoxy groups -OCH3 is 1. The van der Waals surface area contributed by atoms with Crippen LogP contribution in [0.15, 0.2) is 6.20 Å². The number of nitro groups is 1. The van der Waals surface area contributed by atoms with Crippen molar-refractivity contribution < 1.29 is 9.66 Å². The molecule has 0 aliphatic carbocycles. The molecule has 2 heterocycles. The van der Waals surface area contributed by atoms with Gasteiger partial charge in [-0.15, -0.1) is 0 Å². The zero-order chi connectivity index (χ0) is 14.5. The molecule has 1 N–H and O–H groups in total. The van der Waals surface area contributed by atoms with E-state index in [0.29, 0.717) is 24.9 Å². The minimum absolute atomic E-state index is 0.0663. The fourth-order valence-corrected chi connectivity index (χ4v) is 2.29. The van der Waals surface area contributed by atoms with Crippen molar-refractivity contribution in [2.75, 3.05) is 37.0 Å². The number of piperidine rings is 1. The Morgan fingerprint density at radius 1 is 1.65 bits per heavy atom. The first-order valence-corrected chi connectivity index (χ1v) is 6.68. The highest BCUT2D eigenvalue weighted by molar-refractivity contribution is 5.59. The summed E-state index contributed by atoms with van der Waals surface area (Å²) in [6, 6.07) is 0. The number of aromatic nitrogens is 2. The minimum atomic E-state index is -0.443. The van der Waals surface area contributed by atoms with Gasteiger partial charge in [-0.1, -0.05) is 0 Å². The first-order valence-electron chi connectivity index (χ1n) is 6.68. The summed E-state index contributed by atoms with van der Waals surface area (Å²) in [6.07, 6.45) is 3.24. The van der Waals surface area contributed by atoms with Crippen molar-refractivity contribution in [2.24, 2.45) is 0 Å². The molecule has 8 heteroatoms. The van der Waals surface area contributed by atoms with Gasteiger partial charge in [0.2, 0.25) is 11.8 Å². The maximum absolute atomic E-state index is 11.1. The normalized spacial score (nSPS) is 18.9. The second-order valence-electron chi connectivity index (χ2n) is 4.64. The first-order chi connectivity index (χ1) is 9.65. The second-order valence-corrected chi connectivity index (χ2v) is 4.64. The Bertz CT molecular complexity index is 482. The van der Waals surface area contributed by atoms with Crippen molar-refractivity contribution in [3.8, 4) is 0 Å². The van der Waals surface area contributed by atoms with Gasteiger partial charge in [0.25, 0.3) is 0 Å². The molecule has 0 aromatic carbocycles. The van der Waals surface area contributed by atoms with Gasteiger partial charge >= 0.3 is 5.69 Å². The Balaban J connectivity index is 2.31. The molecule has 1 saturated heterocycles. The summed E-state index contributed by atoms with van der Waals surface area (Å²) in [6.45, 7) is 3.94. The number of nitrogens with zero attached hydrogens (tertiary/aromatic N) is 4. The van der Waals surface area contributed by atoms with Gasteiger partial charge in [-0.3, -0.25) is 10.1 Å². The summed E-state index contributed by atoms with van der Waals surface area (Å²) in [4.78, 5) is 20.8. The highest BCUT2D eigenvalue weighted by atomic mass is 16.6. The van der Waals surface area contributed by atoms with Crippen molar-refractivity contribution in [1.82, 2.24) is 9.97 Å². The molecule has 1 aliphatic rings. The molecule has 0 radical (unpaired) electrons. The Morgan fingerprint density at radius 3 is 3.10 bits per heavy atom. The van der Waals surface area contributed by atoms with Gasteiger partial charge in [0, 0.05) is 26.7 Å². The molecule has 1 aromatic heterocycles. The zero-order valence-corrected chi connectivity index (χ0v) is 11.7. The monoisotopic (exact) mass is 281 g/mol. The predicted octanol–water partition coefficient (Wildman–Crippen LogP) is 1.43. The van der Waals surface area contributed by atoms with E-state index in [4.69, 9.17) is 4.74 Å². The van der Waals surface area contributed by atoms with E-state index in [-0.39, 0.29) is 11.8 Å². The Morgan fingerprint density at radius 2 is 2.45 bits per heavy atom. The van der Waals surface area contributed by atoms with Crippen LogP contribution in [0.5, 0.6) is 0 Å². The third-order valence-electron chi connectivity index (χ3n) is 3.29. The third kappa shape index (κ3) is 3.13. The van der Waals surface area contributed by atoms with Crippen molar-refractivity contribution in [1.29, 1.82) is 0 Å². The van der Waals surface area contributed by atoms with Gasteiger partial charge in [0.1, 0.15) is 6.20 Å². The van der Waals surface area contributed by atoms with Gasteiger partial charge in [-0.2, -0.15) is 4.98 Å². The molecule has 0 saturated carbocycles. The highest BCUT2D eigenvalue weighted by Gasteiger charge is 2.27. The molecule has 0 amide bonds. The van der Waals surface area contributed by atoms with Crippen molar-refractivity contribution >= 4 is 17.5 Å². The molecule has 20 heavy (non-hydrogen) atoms. The van der Waals surface area contributed by atoms with E-state index >= 15 is 0 Å². The smallest absolute Gasteiger partial charge is 0.329 e. The summed E-state index contributed by atoms with van der Waals surface area (Å²) in [5.74, 6) is 0.773. The molecule has 8 nitrogen and oxygen atoms in total. The van der Waals surface area contributed by atoms with Crippen LogP contribution in [0.2, 0.25) is 0 Å². The van der Waals surface area contributed by atoms with Crippen molar-refractivity contribution in [3.05, 3.63) is 16.3 Å². The predicted molar refractivity (Wildman–Crippen MR) is 75.1 cm³/mol. The van der Waals surface area contributed by atoms with Crippen LogP contribution in [0.25, 0.3) is 0 Å². The van der Waals surface area contributed by atoms with Crippen LogP contribution in [0.3, 0.4) is 0 Å². The average molecular weight is 281 g/mol. The van der Waals surface area contributed by atoms with Crippen LogP contribution in [-0.4, -0.2) is 47.7 Å². The van der Waals surface area contributed by atoms with Crippen LogP contribution in [-0.2, 0) is 4.74 Å². The minimum Gasteiger partial charge on any atom is -0.380 e. The van der Waals surface area contributed by atoms with Gasteiger partial charge in [-0.05, 0) is 19.8 Å². The number of anilines is 2. The Kier molecular flexibility index (Phi) is 4.67. The van der Waals surface area contributed by atoms with E-state index in [1.54, 1.807) is 7.11 Å². The maximum Gasteiger partial charge on any atom is 0.329 e. The lowest BCUT2D eigenvalue weighted by Crippen LogP contribution is -2.40. The van der Waals surface area contributed by atoms with E-state index in [2.05, 4.69) is 15.3 Å². The molecule has 0 spiro atoms. The summed E-state index contributed by atoms with van der Waals surface area (Å²) >= 11 is 0. The number of rotatable bonds is 5. The van der Waals surface area contributed by atoms with Crippen LogP contribution < -0.4 is 10.2 Å². The Hall–Kier alpha value is -1.96. The molecular formula is C12H19N5O3. The average Bonchev–Trinajstić information content (AvgIpc) is 2.47. The van der Waals surface area contributed by atoms with Crippen molar-refractivity contribution in [3.63, 3.8) is 0 Å². The molecule has 1 aromatic rings. The summed E-state index contributed by atoms with van der Waals surface area (Å²) < 4.78 is 5.35. The fraction of sp³-hybridized carbons (Fsp3) is 0.667. The molecular weight excluding hydrogens is 262 g/mol. The van der Waals surface area contributed by atoms with Crippen LogP contribution >= 0.6 is 0 Å². The quantitative estimate of drug-likeness (QED) is 0.644. The van der Waals surface area contributed by atoms with Gasteiger partial charge < -0.3 is 15.0 Å². The number of nitrogens with one attached hydrogen (secondary N) is 1. The van der Waals surface area contributed by atoms with E-state index in [1.807, 2.05) is 11.8 Å². The van der Waals surface area contributed by atoms with Crippen LogP contribution in [0.4, 0.5) is 17.5 Å². The summed E-state index contributed by atoms with van der Waals surface area (Å²) in [5, 5.41) is 14.1. The molecule has 1 fully saturated rings. The number of ether oxygens (including phenoxy) is 1. The summed E-state index contributed by atoms with van der Waals surface area (Å²) in [7, 11) is 1.66. The van der Waals surface area contributed by atoms with Gasteiger partial charge in [0.05, 0.1) is 11.0 Å². The molecule has 1 aliphatic heterocycles. The SMILES string of the molecule is CCNc1ncc([N+](=O)[O-])c(N2CCCC(OC)C2)n1. The van der Waals surface area contributed by atoms with E-state index in [0.717, 1.165) is 19.4 Å². The molecule has 110 valence electrons.